The van der Waals surface area contributed by atoms with Crippen molar-refractivity contribution in [1.29, 1.82) is 0 Å². The molecule has 0 N–H and O–H groups in total. The van der Waals surface area contributed by atoms with Crippen molar-refractivity contribution in [2.75, 3.05) is 26.3 Å². The van der Waals surface area contributed by atoms with Crippen LogP contribution in [0.5, 0.6) is 0 Å². The van der Waals surface area contributed by atoms with Gasteiger partial charge in [0.15, 0.2) is 0 Å². The standard InChI is InChI=1S/C25H26FN3O3/c1-17-5-7-19(8-6-17)23-27-28-24(32-23)21-15-29(16-25(21)9-11-31-12-10-25)22(30)14-18-3-2-4-20(26)13-18/h2-8,13,21H,9-12,14-16H2,1H3. The van der Waals surface area contributed by atoms with Crippen LogP contribution in [0.3, 0.4) is 0 Å². The average Bonchev–Trinajstić information content (AvgIpc) is 3.40. The minimum atomic E-state index is -0.329. The summed E-state index contributed by atoms with van der Waals surface area (Å²) in [4.78, 5) is 15.0. The SMILES string of the molecule is Cc1ccc(-c2nnc(C3CN(C(=O)Cc4cccc(F)c4)CC34CCOCC4)o2)cc1. The molecule has 7 heteroatoms. The number of hydrogen-bond acceptors (Lipinski definition) is 5. The molecule has 2 aliphatic heterocycles. The minimum absolute atomic E-state index is 0.0118. The number of halogens is 1. The zero-order valence-corrected chi connectivity index (χ0v) is 18.1. The fraction of sp³-hybridized carbons (Fsp3) is 0.400. The largest absolute Gasteiger partial charge is 0.420 e. The van der Waals surface area contributed by atoms with E-state index in [0.717, 1.165) is 24.0 Å². The lowest BCUT2D eigenvalue weighted by Crippen LogP contribution is -2.37. The van der Waals surface area contributed by atoms with Crippen molar-refractivity contribution in [3.63, 3.8) is 0 Å². The predicted octanol–water partition coefficient (Wildman–Crippen LogP) is 4.15. The predicted molar refractivity (Wildman–Crippen MR) is 116 cm³/mol. The normalized spacial score (nSPS) is 20.1. The number of amides is 1. The second-order valence-electron chi connectivity index (χ2n) is 8.92. The van der Waals surface area contributed by atoms with Gasteiger partial charge < -0.3 is 14.1 Å². The molecule has 2 saturated heterocycles. The van der Waals surface area contributed by atoms with Crippen molar-refractivity contribution < 1.29 is 18.3 Å². The summed E-state index contributed by atoms with van der Waals surface area (Å²) >= 11 is 0. The van der Waals surface area contributed by atoms with Crippen molar-refractivity contribution in [2.24, 2.45) is 5.41 Å². The van der Waals surface area contributed by atoms with Gasteiger partial charge in [0.2, 0.25) is 17.7 Å². The summed E-state index contributed by atoms with van der Waals surface area (Å²) in [5, 5.41) is 8.68. The van der Waals surface area contributed by atoms with Gasteiger partial charge in [0, 0.05) is 37.3 Å². The molecule has 1 spiro atoms. The first-order chi connectivity index (χ1) is 15.5. The molecule has 0 bridgehead atoms. The Kier molecular flexibility index (Phi) is 5.51. The number of benzene rings is 2. The molecule has 5 rings (SSSR count). The molecule has 6 nitrogen and oxygen atoms in total. The molecule has 166 valence electrons. The summed E-state index contributed by atoms with van der Waals surface area (Å²) < 4.78 is 25.3. The van der Waals surface area contributed by atoms with E-state index in [4.69, 9.17) is 9.15 Å². The van der Waals surface area contributed by atoms with Crippen molar-refractivity contribution in [3.05, 3.63) is 71.4 Å². The molecule has 1 amide bonds. The van der Waals surface area contributed by atoms with Crippen LogP contribution < -0.4 is 0 Å². The van der Waals surface area contributed by atoms with Gasteiger partial charge in [0.05, 0.1) is 12.3 Å². The Morgan fingerprint density at radius 2 is 1.94 bits per heavy atom. The summed E-state index contributed by atoms with van der Waals surface area (Å²) in [7, 11) is 0. The van der Waals surface area contributed by atoms with Crippen LogP contribution in [0, 0.1) is 18.2 Å². The quantitative estimate of drug-likeness (QED) is 0.616. The third kappa shape index (κ3) is 4.05. The number of aromatic nitrogens is 2. The molecule has 1 atom stereocenters. The maximum atomic E-state index is 13.6. The van der Waals surface area contributed by atoms with Gasteiger partial charge in [-0.3, -0.25) is 4.79 Å². The van der Waals surface area contributed by atoms with Crippen LogP contribution >= 0.6 is 0 Å². The Bertz CT molecular complexity index is 1110. The summed E-state index contributed by atoms with van der Waals surface area (Å²) in [5.41, 5.74) is 2.58. The van der Waals surface area contributed by atoms with Gasteiger partial charge in [-0.15, -0.1) is 10.2 Å². The van der Waals surface area contributed by atoms with E-state index in [1.165, 1.54) is 12.1 Å². The summed E-state index contributed by atoms with van der Waals surface area (Å²) in [6.45, 7) is 4.48. The summed E-state index contributed by atoms with van der Waals surface area (Å²) in [6, 6.07) is 14.2. The third-order valence-electron chi connectivity index (χ3n) is 6.77. The van der Waals surface area contributed by atoms with Crippen LogP contribution in [-0.4, -0.2) is 47.3 Å². The monoisotopic (exact) mass is 435 g/mol. The van der Waals surface area contributed by atoms with Gasteiger partial charge in [-0.2, -0.15) is 0 Å². The van der Waals surface area contributed by atoms with E-state index in [0.29, 0.717) is 43.6 Å². The molecule has 3 aromatic rings. The van der Waals surface area contributed by atoms with Crippen LogP contribution in [0.1, 0.15) is 35.8 Å². The summed E-state index contributed by atoms with van der Waals surface area (Å²) in [6.07, 6.45) is 1.85. The van der Waals surface area contributed by atoms with E-state index in [-0.39, 0.29) is 29.5 Å². The molecule has 2 aromatic carbocycles. The number of carbonyl (C=O) groups excluding carboxylic acids is 1. The van der Waals surface area contributed by atoms with Crippen LogP contribution in [0.4, 0.5) is 4.39 Å². The van der Waals surface area contributed by atoms with Crippen LogP contribution in [0.25, 0.3) is 11.5 Å². The van der Waals surface area contributed by atoms with Crippen molar-refractivity contribution in [3.8, 4) is 11.5 Å². The van der Waals surface area contributed by atoms with Crippen molar-refractivity contribution in [2.45, 2.75) is 32.1 Å². The lowest BCUT2D eigenvalue weighted by atomic mass is 9.72. The Labute approximate surface area is 186 Å². The third-order valence-corrected chi connectivity index (χ3v) is 6.77. The number of rotatable bonds is 4. The van der Waals surface area contributed by atoms with E-state index in [2.05, 4.69) is 10.2 Å². The zero-order chi connectivity index (χ0) is 22.1. The molecule has 0 saturated carbocycles. The lowest BCUT2D eigenvalue weighted by Gasteiger charge is -2.36. The van der Waals surface area contributed by atoms with Gasteiger partial charge >= 0.3 is 0 Å². The first-order valence-electron chi connectivity index (χ1n) is 11.0. The van der Waals surface area contributed by atoms with E-state index in [9.17, 15) is 9.18 Å². The zero-order valence-electron chi connectivity index (χ0n) is 18.1. The molecule has 2 fully saturated rings. The maximum Gasteiger partial charge on any atom is 0.247 e. The van der Waals surface area contributed by atoms with Crippen LogP contribution in [0.15, 0.2) is 52.9 Å². The highest BCUT2D eigenvalue weighted by molar-refractivity contribution is 5.79. The molecule has 1 aromatic heterocycles. The summed E-state index contributed by atoms with van der Waals surface area (Å²) in [5.74, 6) is 0.678. The Hall–Kier alpha value is -3.06. The number of carbonyl (C=O) groups is 1. The molecular formula is C25H26FN3O3. The number of ether oxygens (including phenoxy) is 1. The van der Waals surface area contributed by atoms with E-state index >= 15 is 0 Å². The smallest absolute Gasteiger partial charge is 0.247 e. The first-order valence-corrected chi connectivity index (χ1v) is 11.0. The molecule has 0 aliphatic carbocycles. The number of hydrogen-bond donors (Lipinski definition) is 0. The Morgan fingerprint density at radius 3 is 2.69 bits per heavy atom. The topological polar surface area (TPSA) is 68.5 Å². The molecule has 2 aliphatic rings. The van der Waals surface area contributed by atoms with Crippen LogP contribution in [0.2, 0.25) is 0 Å². The molecule has 32 heavy (non-hydrogen) atoms. The van der Waals surface area contributed by atoms with Crippen LogP contribution in [-0.2, 0) is 16.0 Å². The highest BCUT2D eigenvalue weighted by atomic mass is 19.1. The van der Waals surface area contributed by atoms with Gasteiger partial charge in [-0.05, 0) is 49.6 Å². The van der Waals surface area contributed by atoms with Crippen molar-refractivity contribution in [1.82, 2.24) is 15.1 Å². The fourth-order valence-corrected chi connectivity index (χ4v) is 4.90. The van der Waals surface area contributed by atoms with E-state index in [1.54, 1.807) is 12.1 Å². The molecule has 3 heterocycles. The van der Waals surface area contributed by atoms with E-state index in [1.807, 2.05) is 36.1 Å². The Morgan fingerprint density at radius 1 is 1.16 bits per heavy atom. The molecular weight excluding hydrogens is 409 g/mol. The highest BCUT2D eigenvalue weighted by Gasteiger charge is 2.51. The first kappa shape index (κ1) is 20.8. The van der Waals surface area contributed by atoms with Gasteiger partial charge in [0.25, 0.3) is 0 Å². The maximum absolute atomic E-state index is 13.6. The second-order valence-corrected chi connectivity index (χ2v) is 8.92. The molecule has 1 unspecified atom stereocenters. The average molecular weight is 435 g/mol. The van der Waals surface area contributed by atoms with Crippen molar-refractivity contribution >= 4 is 5.91 Å². The molecule has 0 radical (unpaired) electrons. The number of likely N-dealkylation sites (tertiary alicyclic amines) is 1. The van der Waals surface area contributed by atoms with E-state index < -0.39 is 0 Å². The highest BCUT2D eigenvalue weighted by Crippen LogP contribution is 2.49. The number of nitrogens with zero attached hydrogens (tertiary/aromatic N) is 3. The fourth-order valence-electron chi connectivity index (χ4n) is 4.90. The van der Waals surface area contributed by atoms with Gasteiger partial charge in [-0.25, -0.2) is 4.39 Å². The minimum Gasteiger partial charge on any atom is -0.420 e. The Balaban J connectivity index is 1.39. The number of aryl methyl sites for hydroxylation is 1. The lowest BCUT2D eigenvalue weighted by molar-refractivity contribution is -0.130. The second kappa shape index (κ2) is 8.47. The van der Waals surface area contributed by atoms with Gasteiger partial charge in [-0.1, -0.05) is 29.8 Å². The van der Waals surface area contributed by atoms with Gasteiger partial charge in [0.1, 0.15) is 5.82 Å².